The molecule has 0 atom stereocenters. The number of benzene rings is 3. The number of fused-ring (bicyclic) bond motifs is 6. The second-order valence-corrected chi connectivity index (χ2v) is 5.42. The van der Waals surface area contributed by atoms with Gasteiger partial charge in [0.05, 0.1) is 14.2 Å². The van der Waals surface area contributed by atoms with Crippen LogP contribution in [0.25, 0.3) is 32.5 Å². The number of ether oxygens (including phenoxy) is 2. The number of furan rings is 1. The first-order chi connectivity index (χ1) is 10.7. The molecule has 4 aromatic rings. The van der Waals surface area contributed by atoms with Crippen molar-refractivity contribution in [2.24, 2.45) is 0 Å². The van der Waals surface area contributed by atoms with E-state index in [0.29, 0.717) is 0 Å². The smallest absolute Gasteiger partial charge is 0.142 e. The van der Waals surface area contributed by atoms with Crippen LogP contribution >= 0.6 is 0 Å². The van der Waals surface area contributed by atoms with E-state index >= 15 is 0 Å². The molecule has 0 radical (unpaired) electrons. The van der Waals surface area contributed by atoms with Gasteiger partial charge in [0, 0.05) is 10.8 Å². The molecule has 4 rings (SSSR count). The third-order valence-corrected chi connectivity index (χ3v) is 4.13. The van der Waals surface area contributed by atoms with E-state index in [1.165, 1.54) is 0 Å². The number of hydrogen-bond acceptors (Lipinski definition) is 3. The zero-order chi connectivity index (χ0) is 15.3. The number of hydrogen-bond donors (Lipinski definition) is 0. The van der Waals surface area contributed by atoms with Gasteiger partial charge in [-0.05, 0) is 65.5 Å². The number of methoxy groups -OCH3 is 2. The molecule has 3 heteroatoms. The lowest BCUT2D eigenvalue weighted by atomic mass is 9.98. The van der Waals surface area contributed by atoms with Crippen molar-refractivity contribution in [3.05, 3.63) is 48.2 Å². The van der Waals surface area contributed by atoms with Crippen LogP contribution in [-0.4, -0.2) is 14.2 Å². The molecule has 0 unspecified atom stereocenters. The van der Waals surface area contributed by atoms with E-state index < -0.39 is 0 Å². The molecule has 0 spiro atoms. The van der Waals surface area contributed by atoms with Gasteiger partial charge in [-0.15, -0.1) is 0 Å². The van der Waals surface area contributed by atoms with Crippen molar-refractivity contribution in [3.8, 4) is 11.5 Å². The fraction of sp³-hybridized carbons (Fsp3) is 0.158. The third-order valence-electron chi connectivity index (χ3n) is 4.13. The van der Waals surface area contributed by atoms with Crippen molar-refractivity contribution in [1.82, 2.24) is 0 Å². The Labute approximate surface area is 128 Å². The maximum absolute atomic E-state index is 5.95. The van der Waals surface area contributed by atoms with Crippen molar-refractivity contribution < 1.29 is 13.9 Å². The molecule has 3 nitrogen and oxygen atoms in total. The van der Waals surface area contributed by atoms with Gasteiger partial charge in [0.1, 0.15) is 22.8 Å². The Morgan fingerprint density at radius 3 is 1.91 bits per heavy atom. The SMILES string of the molecule is COc1ccc2c(c1)c1cc(OC)ccc1c1oc(C)cc21. The zero-order valence-electron chi connectivity index (χ0n) is 12.8. The molecule has 0 amide bonds. The van der Waals surface area contributed by atoms with Gasteiger partial charge < -0.3 is 13.9 Å². The minimum Gasteiger partial charge on any atom is -0.497 e. The fourth-order valence-electron chi connectivity index (χ4n) is 3.09. The van der Waals surface area contributed by atoms with Crippen molar-refractivity contribution in [3.63, 3.8) is 0 Å². The van der Waals surface area contributed by atoms with E-state index in [1.54, 1.807) is 14.2 Å². The van der Waals surface area contributed by atoms with E-state index in [-0.39, 0.29) is 0 Å². The largest absolute Gasteiger partial charge is 0.497 e. The summed E-state index contributed by atoms with van der Waals surface area (Å²) in [6.45, 7) is 1.98. The van der Waals surface area contributed by atoms with Gasteiger partial charge in [0.2, 0.25) is 0 Å². The molecule has 0 bridgehead atoms. The quantitative estimate of drug-likeness (QED) is 0.484. The summed E-state index contributed by atoms with van der Waals surface area (Å²) in [7, 11) is 3.37. The van der Waals surface area contributed by atoms with Crippen molar-refractivity contribution in [2.45, 2.75) is 6.92 Å². The average molecular weight is 292 g/mol. The van der Waals surface area contributed by atoms with Crippen LogP contribution in [0.2, 0.25) is 0 Å². The lowest BCUT2D eigenvalue weighted by molar-refractivity contribution is 0.415. The predicted molar refractivity (Wildman–Crippen MR) is 89.1 cm³/mol. The maximum atomic E-state index is 5.95. The van der Waals surface area contributed by atoms with Crippen LogP contribution in [0.3, 0.4) is 0 Å². The summed E-state index contributed by atoms with van der Waals surface area (Å²) in [5, 5.41) is 5.63. The van der Waals surface area contributed by atoms with Crippen LogP contribution in [0, 0.1) is 6.92 Å². The average Bonchev–Trinajstić information content (AvgIpc) is 2.95. The molecular formula is C19H16O3. The Hall–Kier alpha value is -2.68. The molecule has 110 valence electrons. The van der Waals surface area contributed by atoms with E-state index in [0.717, 1.165) is 49.8 Å². The fourth-order valence-corrected chi connectivity index (χ4v) is 3.09. The van der Waals surface area contributed by atoms with E-state index in [4.69, 9.17) is 13.9 Å². The lowest BCUT2D eigenvalue weighted by Crippen LogP contribution is -1.86. The highest BCUT2D eigenvalue weighted by Gasteiger charge is 2.13. The summed E-state index contributed by atoms with van der Waals surface area (Å²) in [5.41, 5.74) is 0.924. The molecule has 0 N–H and O–H groups in total. The molecule has 0 saturated heterocycles. The number of aryl methyl sites for hydroxylation is 1. The molecule has 1 heterocycles. The van der Waals surface area contributed by atoms with Crippen LogP contribution in [0.1, 0.15) is 5.76 Å². The minimum absolute atomic E-state index is 0.833. The normalized spacial score (nSPS) is 11.4. The summed E-state index contributed by atoms with van der Waals surface area (Å²) in [6, 6.07) is 14.3. The monoisotopic (exact) mass is 292 g/mol. The van der Waals surface area contributed by atoms with Crippen LogP contribution in [0.5, 0.6) is 11.5 Å². The summed E-state index contributed by atoms with van der Waals surface area (Å²) >= 11 is 0. The Morgan fingerprint density at radius 1 is 0.682 bits per heavy atom. The predicted octanol–water partition coefficient (Wildman–Crippen LogP) is 5.06. The Bertz CT molecular complexity index is 931. The summed E-state index contributed by atoms with van der Waals surface area (Å²) in [6.07, 6.45) is 0. The second kappa shape index (κ2) is 4.67. The van der Waals surface area contributed by atoms with Gasteiger partial charge in [-0.3, -0.25) is 0 Å². The first-order valence-electron chi connectivity index (χ1n) is 7.19. The maximum Gasteiger partial charge on any atom is 0.142 e. The van der Waals surface area contributed by atoms with Crippen LogP contribution < -0.4 is 9.47 Å². The molecule has 0 fully saturated rings. The summed E-state index contributed by atoms with van der Waals surface area (Å²) < 4.78 is 16.7. The Morgan fingerprint density at radius 2 is 1.27 bits per heavy atom. The molecule has 0 saturated carbocycles. The van der Waals surface area contributed by atoms with Crippen LogP contribution in [0.15, 0.2) is 46.9 Å². The molecular weight excluding hydrogens is 276 g/mol. The van der Waals surface area contributed by atoms with Crippen LogP contribution in [0.4, 0.5) is 0 Å². The summed E-state index contributed by atoms with van der Waals surface area (Å²) in [4.78, 5) is 0. The highest BCUT2D eigenvalue weighted by Crippen LogP contribution is 2.39. The summed E-state index contributed by atoms with van der Waals surface area (Å²) in [5.74, 6) is 2.59. The molecule has 1 aromatic heterocycles. The van der Waals surface area contributed by atoms with Gasteiger partial charge in [-0.25, -0.2) is 0 Å². The standard InChI is InChI=1S/C19H16O3/c1-11-8-18-14-6-4-12(20-2)9-16(14)17-10-13(21-3)5-7-15(17)19(18)22-11/h4-10H,1-3H3. The van der Waals surface area contributed by atoms with Gasteiger partial charge in [-0.2, -0.15) is 0 Å². The minimum atomic E-state index is 0.833. The highest BCUT2D eigenvalue weighted by molar-refractivity contribution is 6.24. The first kappa shape index (κ1) is 13.0. The van der Waals surface area contributed by atoms with Crippen molar-refractivity contribution in [2.75, 3.05) is 14.2 Å². The number of rotatable bonds is 2. The Balaban J connectivity index is 2.28. The van der Waals surface area contributed by atoms with Gasteiger partial charge >= 0.3 is 0 Å². The molecule has 0 aliphatic carbocycles. The zero-order valence-corrected chi connectivity index (χ0v) is 12.8. The van der Waals surface area contributed by atoms with Gasteiger partial charge in [-0.1, -0.05) is 0 Å². The molecule has 3 aromatic carbocycles. The third kappa shape index (κ3) is 1.75. The van der Waals surface area contributed by atoms with Gasteiger partial charge in [0.15, 0.2) is 0 Å². The van der Waals surface area contributed by atoms with E-state index in [1.807, 2.05) is 19.1 Å². The highest BCUT2D eigenvalue weighted by atomic mass is 16.5. The topological polar surface area (TPSA) is 31.6 Å². The van der Waals surface area contributed by atoms with E-state index in [9.17, 15) is 0 Å². The molecule has 0 aliphatic heterocycles. The van der Waals surface area contributed by atoms with Crippen molar-refractivity contribution in [1.29, 1.82) is 0 Å². The first-order valence-corrected chi connectivity index (χ1v) is 7.19. The lowest BCUT2D eigenvalue weighted by Gasteiger charge is -2.09. The second-order valence-electron chi connectivity index (χ2n) is 5.42. The molecule has 0 aliphatic rings. The van der Waals surface area contributed by atoms with Gasteiger partial charge in [0.25, 0.3) is 0 Å². The van der Waals surface area contributed by atoms with Crippen molar-refractivity contribution >= 4 is 32.5 Å². The molecule has 22 heavy (non-hydrogen) atoms. The van der Waals surface area contributed by atoms with Crippen LogP contribution in [-0.2, 0) is 0 Å². The van der Waals surface area contributed by atoms with E-state index in [2.05, 4.69) is 30.3 Å². The Kier molecular flexibility index (Phi) is 2.76.